The summed E-state index contributed by atoms with van der Waals surface area (Å²) in [7, 11) is 0. The van der Waals surface area contributed by atoms with E-state index in [-0.39, 0.29) is 18.3 Å². The minimum absolute atomic E-state index is 0.203. The van der Waals surface area contributed by atoms with Gasteiger partial charge in [-0.3, -0.25) is 9.48 Å². The summed E-state index contributed by atoms with van der Waals surface area (Å²) in [5, 5.41) is 8.65. The number of aryl methyl sites for hydroxylation is 2. The first-order chi connectivity index (χ1) is 17.1. The van der Waals surface area contributed by atoms with E-state index in [0.29, 0.717) is 39.6 Å². The maximum Gasteiger partial charge on any atom is 0.291 e. The number of carbonyl (C=O) groups excluding carboxylic acids is 1. The van der Waals surface area contributed by atoms with Crippen LogP contribution < -0.4 is 10.1 Å². The fourth-order valence-corrected chi connectivity index (χ4v) is 4.46. The van der Waals surface area contributed by atoms with Crippen LogP contribution in [0.3, 0.4) is 0 Å². The molecule has 4 aromatic rings. The van der Waals surface area contributed by atoms with Crippen LogP contribution >= 0.6 is 23.2 Å². The van der Waals surface area contributed by atoms with Crippen LogP contribution in [0.15, 0.2) is 52.9 Å². The second-order valence-corrected chi connectivity index (χ2v) is 9.99. The Labute approximate surface area is 221 Å². The lowest BCUT2D eigenvalue weighted by atomic mass is 10.0. The molecule has 2 heterocycles. The highest BCUT2D eigenvalue weighted by molar-refractivity contribution is 6.35. The molecule has 0 aliphatic heterocycles. The number of aromatic nitrogens is 2. The lowest BCUT2D eigenvalue weighted by Crippen LogP contribution is -2.12. The van der Waals surface area contributed by atoms with Gasteiger partial charge in [0.1, 0.15) is 18.1 Å². The van der Waals surface area contributed by atoms with Gasteiger partial charge < -0.3 is 14.5 Å². The van der Waals surface area contributed by atoms with Crippen molar-refractivity contribution >= 4 is 34.8 Å². The van der Waals surface area contributed by atoms with Gasteiger partial charge in [0.15, 0.2) is 5.76 Å². The molecular weight excluding hydrogens is 497 g/mol. The molecule has 8 heteroatoms. The van der Waals surface area contributed by atoms with Crippen LogP contribution in [0.1, 0.15) is 64.2 Å². The SMILES string of the molecule is Cc1ccc(C(C)C)c(OCc2ccc(C(=O)Nc3c(C)nn(Cc4ccc(Cl)cc4Cl)c3C)o2)c1. The van der Waals surface area contributed by atoms with Crippen molar-refractivity contribution in [1.29, 1.82) is 0 Å². The number of halogens is 2. The van der Waals surface area contributed by atoms with Crippen LogP contribution in [0, 0.1) is 20.8 Å². The van der Waals surface area contributed by atoms with Gasteiger partial charge in [-0.1, -0.05) is 55.2 Å². The fourth-order valence-electron chi connectivity index (χ4n) is 3.99. The van der Waals surface area contributed by atoms with E-state index < -0.39 is 0 Å². The quantitative estimate of drug-likeness (QED) is 0.255. The van der Waals surface area contributed by atoms with Crippen molar-refractivity contribution < 1.29 is 13.9 Å². The maximum atomic E-state index is 12.9. The first kappa shape index (κ1) is 25.9. The zero-order chi connectivity index (χ0) is 26.0. The molecular formula is C28H29Cl2N3O3. The standard InChI is InChI=1S/C28H29Cl2N3O3/c1-16(2)23-10-6-17(3)12-26(23)35-15-22-9-11-25(36-22)28(34)31-27-18(4)32-33(19(27)5)14-20-7-8-21(29)13-24(20)30/h6-13,16H,14-15H2,1-5H3,(H,31,34). The Kier molecular flexibility index (Phi) is 7.76. The third-order valence-corrected chi connectivity index (χ3v) is 6.59. The molecule has 0 bridgehead atoms. The van der Waals surface area contributed by atoms with Crippen molar-refractivity contribution in [3.8, 4) is 5.75 Å². The Balaban J connectivity index is 1.44. The summed E-state index contributed by atoms with van der Waals surface area (Å²) >= 11 is 12.3. The molecule has 1 N–H and O–H groups in total. The average molecular weight is 526 g/mol. The molecule has 188 valence electrons. The van der Waals surface area contributed by atoms with E-state index >= 15 is 0 Å². The van der Waals surface area contributed by atoms with Crippen molar-refractivity contribution in [2.75, 3.05) is 5.32 Å². The highest BCUT2D eigenvalue weighted by atomic mass is 35.5. The summed E-state index contributed by atoms with van der Waals surface area (Å²) in [5.74, 6) is 1.58. The number of hydrogen-bond acceptors (Lipinski definition) is 4. The number of carbonyl (C=O) groups is 1. The van der Waals surface area contributed by atoms with Crippen LogP contribution in [0.4, 0.5) is 5.69 Å². The Morgan fingerprint density at radius 2 is 1.86 bits per heavy atom. The monoisotopic (exact) mass is 525 g/mol. The van der Waals surface area contributed by atoms with E-state index in [0.717, 1.165) is 28.1 Å². The number of nitrogens with zero attached hydrogens (tertiary/aromatic N) is 2. The highest BCUT2D eigenvalue weighted by Crippen LogP contribution is 2.29. The van der Waals surface area contributed by atoms with Gasteiger partial charge in [0.2, 0.25) is 0 Å². The van der Waals surface area contributed by atoms with Gasteiger partial charge in [-0.25, -0.2) is 0 Å². The van der Waals surface area contributed by atoms with Crippen molar-refractivity contribution in [2.45, 2.75) is 53.7 Å². The van der Waals surface area contributed by atoms with Gasteiger partial charge in [-0.15, -0.1) is 0 Å². The van der Waals surface area contributed by atoms with E-state index in [9.17, 15) is 4.79 Å². The number of ether oxygens (including phenoxy) is 1. The van der Waals surface area contributed by atoms with E-state index in [2.05, 4.69) is 36.4 Å². The first-order valence-electron chi connectivity index (χ1n) is 11.7. The summed E-state index contributed by atoms with van der Waals surface area (Å²) < 4.78 is 13.6. The predicted octanol–water partition coefficient (Wildman–Crippen LogP) is 7.71. The van der Waals surface area contributed by atoms with Crippen molar-refractivity contribution in [3.05, 3.63) is 98.2 Å². The number of amides is 1. The second kappa shape index (κ2) is 10.8. The van der Waals surface area contributed by atoms with E-state index in [1.54, 1.807) is 28.9 Å². The van der Waals surface area contributed by atoms with E-state index in [1.165, 1.54) is 0 Å². The van der Waals surface area contributed by atoms with Crippen LogP contribution in [-0.4, -0.2) is 15.7 Å². The van der Waals surface area contributed by atoms with Gasteiger partial charge in [-0.2, -0.15) is 5.10 Å². The Bertz CT molecular complexity index is 1410. The first-order valence-corrected chi connectivity index (χ1v) is 12.5. The Morgan fingerprint density at radius 1 is 1.08 bits per heavy atom. The molecule has 0 saturated heterocycles. The third kappa shape index (κ3) is 5.77. The summed E-state index contributed by atoms with van der Waals surface area (Å²) in [5.41, 5.74) is 5.28. The largest absolute Gasteiger partial charge is 0.485 e. The Hall–Kier alpha value is -3.22. The molecule has 0 unspecified atom stereocenters. The van der Waals surface area contributed by atoms with Crippen molar-refractivity contribution in [3.63, 3.8) is 0 Å². The zero-order valence-electron chi connectivity index (χ0n) is 21.0. The fraction of sp³-hybridized carbons (Fsp3) is 0.286. The Morgan fingerprint density at radius 3 is 2.58 bits per heavy atom. The number of rotatable bonds is 8. The summed E-state index contributed by atoms with van der Waals surface area (Å²) in [6, 6.07) is 14.9. The normalized spacial score (nSPS) is 11.2. The lowest BCUT2D eigenvalue weighted by Gasteiger charge is -2.14. The molecule has 2 aromatic carbocycles. The molecule has 0 aliphatic rings. The molecule has 1 amide bonds. The number of nitrogens with one attached hydrogen (secondary N) is 1. The molecule has 0 aliphatic carbocycles. The molecule has 36 heavy (non-hydrogen) atoms. The van der Waals surface area contributed by atoms with Crippen molar-refractivity contribution in [2.24, 2.45) is 0 Å². The summed E-state index contributed by atoms with van der Waals surface area (Å²) in [4.78, 5) is 12.9. The van der Waals surface area contributed by atoms with Gasteiger partial charge in [0.05, 0.1) is 23.6 Å². The van der Waals surface area contributed by atoms with Crippen LogP contribution in [0.2, 0.25) is 10.0 Å². The van der Waals surface area contributed by atoms with Crippen LogP contribution in [-0.2, 0) is 13.2 Å². The molecule has 0 atom stereocenters. The lowest BCUT2D eigenvalue weighted by molar-refractivity contribution is 0.0992. The molecule has 0 saturated carbocycles. The molecule has 0 spiro atoms. The molecule has 2 aromatic heterocycles. The number of hydrogen-bond donors (Lipinski definition) is 1. The van der Waals surface area contributed by atoms with Gasteiger partial charge in [-0.05, 0) is 73.7 Å². The predicted molar refractivity (Wildman–Crippen MR) is 144 cm³/mol. The molecule has 0 radical (unpaired) electrons. The summed E-state index contributed by atoms with van der Waals surface area (Å²) in [6.45, 7) is 10.7. The van der Waals surface area contributed by atoms with Gasteiger partial charge in [0, 0.05) is 10.0 Å². The smallest absolute Gasteiger partial charge is 0.291 e. The van der Waals surface area contributed by atoms with Crippen LogP contribution in [0.5, 0.6) is 5.75 Å². The zero-order valence-corrected chi connectivity index (χ0v) is 22.5. The highest BCUT2D eigenvalue weighted by Gasteiger charge is 2.19. The molecule has 0 fully saturated rings. The minimum Gasteiger partial charge on any atom is -0.485 e. The number of benzene rings is 2. The van der Waals surface area contributed by atoms with Gasteiger partial charge in [0.25, 0.3) is 5.91 Å². The number of furan rings is 1. The minimum atomic E-state index is -0.352. The van der Waals surface area contributed by atoms with E-state index in [1.807, 2.05) is 32.9 Å². The second-order valence-electron chi connectivity index (χ2n) is 9.14. The summed E-state index contributed by atoms with van der Waals surface area (Å²) in [6.07, 6.45) is 0. The topological polar surface area (TPSA) is 69.3 Å². The molecule has 4 rings (SSSR count). The van der Waals surface area contributed by atoms with E-state index in [4.69, 9.17) is 32.4 Å². The third-order valence-electron chi connectivity index (χ3n) is 6.00. The van der Waals surface area contributed by atoms with Crippen molar-refractivity contribution in [1.82, 2.24) is 9.78 Å². The maximum absolute atomic E-state index is 12.9. The van der Waals surface area contributed by atoms with Gasteiger partial charge >= 0.3 is 0 Å². The number of anilines is 1. The van der Waals surface area contributed by atoms with Crippen LogP contribution in [0.25, 0.3) is 0 Å². The average Bonchev–Trinajstić information content (AvgIpc) is 3.40. The molecule has 6 nitrogen and oxygen atoms in total.